The number of hydrogen-bond donors (Lipinski definition) is 8. The van der Waals surface area contributed by atoms with Gasteiger partial charge in [-0.05, 0) is 0 Å². The van der Waals surface area contributed by atoms with Crippen LogP contribution in [0.3, 0.4) is 0 Å². The molecule has 0 aromatic carbocycles. The van der Waals surface area contributed by atoms with E-state index in [1.54, 1.807) is 0 Å². The molecular formula is C39H66Na8O46S6. The van der Waals surface area contributed by atoms with Gasteiger partial charge in [-0.25, -0.2) is 34.7 Å². The van der Waals surface area contributed by atoms with Gasteiger partial charge in [0.1, 0.15) is 97.7 Å². The van der Waals surface area contributed by atoms with E-state index in [9.17, 15) is 97.6 Å². The second-order valence-corrected chi connectivity index (χ2v) is 25.4. The minimum absolute atomic E-state index is 0. The first-order valence-electron chi connectivity index (χ1n) is 25.0. The molecule has 5 rings (SSSR count). The van der Waals surface area contributed by atoms with E-state index in [0.717, 1.165) is 64.0 Å². The van der Waals surface area contributed by atoms with E-state index in [4.69, 9.17) is 93.6 Å². The smallest absolute Gasteiger partial charge is 0.397 e. The molecule has 5 saturated heterocycles. The summed E-state index contributed by atoms with van der Waals surface area (Å²) in [7, 11) is -25.3. The predicted molar refractivity (Wildman–Crippen MR) is 319 cm³/mol. The molecule has 0 spiro atoms. The first-order chi connectivity index (χ1) is 42.1. The Kier molecular flexibility index (Phi) is 54.4. The summed E-state index contributed by atoms with van der Waals surface area (Å²) in [6.45, 7) is -3.95. The van der Waals surface area contributed by atoms with E-state index in [2.05, 4.69) is 16.7 Å². The van der Waals surface area contributed by atoms with Gasteiger partial charge in [0.15, 0.2) is 55.9 Å². The van der Waals surface area contributed by atoms with Crippen LogP contribution >= 0.6 is 0 Å². The van der Waals surface area contributed by atoms with Gasteiger partial charge < -0.3 is 95.5 Å². The number of ether oxygens (including phenoxy) is 18. The fourth-order valence-electron chi connectivity index (χ4n) is 10.2. The predicted octanol–water partition coefficient (Wildman–Crippen LogP) is -9.94. The van der Waals surface area contributed by atoms with Crippen molar-refractivity contribution in [2.75, 3.05) is 83.8 Å². The molecule has 0 bridgehead atoms. The molecule has 0 aromatic heterocycles. The molecular weight excluding hydrogens is 1580 g/mol. The van der Waals surface area contributed by atoms with Gasteiger partial charge in [-0.1, -0.05) is 0 Å². The van der Waals surface area contributed by atoms with E-state index in [-0.39, 0.29) is 236 Å². The van der Waals surface area contributed by atoms with Gasteiger partial charge in [0.2, 0.25) is 0 Å². The minimum atomic E-state index is -6.14. The Labute approximate surface area is 745 Å². The van der Waals surface area contributed by atoms with Crippen LogP contribution in [0.15, 0.2) is 0 Å². The molecule has 5 aliphatic heterocycles. The van der Waals surface area contributed by atoms with Crippen molar-refractivity contribution >= 4 is 311 Å². The summed E-state index contributed by atoms with van der Waals surface area (Å²) in [4.78, 5) is 26.5. The molecule has 8 N–H and O–H groups in total. The average molecular weight is 1650 g/mol. The van der Waals surface area contributed by atoms with Crippen LogP contribution in [0.4, 0.5) is 0 Å². The summed E-state index contributed by atoms with van der Waals surface area (Å²) in [5.41, 5.74) is 0. The van der Waals surface area contributed by atoms with Crippen LogP contribution in [-0.4, -0.2) is 574 Å². The first-order valence-corrected chi connectivity index (χ1v) is 33.2. The van der Waals surface area contributed by atoms with Crippen LogP contribution in [0.5, 0.6) is 0 Å². The Morgan fingerprint density at radius 1 is 0.273 bits per heavy atom. The molecule has 0 amide bonds. The number of hydrogen-bond acceptors (Lipinski definition) is 38. The van der Waals surface area contributed by atoms with Crippen molar-refractivity contribution in [3.8, 4) is 0 Å². The third kappa shape index (κ3) is 32.7. The SMILES string of the molecule is CO[C@H]1O[C@H](COS(=O)(=O)O)[C@@H](O[C@@H]2O[C@@H](C(=O)O)[C@@H](O[C@H]3O[C@H](COS(=O)(=O)O)[C@@H](O[C@@H]4O[C@H](C(=O)O)[C@@H](O[C@H]5O[C@H](COS(=O)(=O)O)[C@@H](OC)[C@H](OC)[C@H]5OC)[C@H](OC)[C@H]4OC)[C@H](OS(=O)(=O)O)[C@H]3OS(=O)(=O)O)[C@H](OC)[C@H]2OC)[C@H](OC)[C@H]1OS(=O)(=O)O.[Na].[Na].[Na].[Na].[Na].[Na].[Na].[Na]. The third-order valence-corrected chi connectivity index (χ3v) is 16.4. The molecule has 99 heavy (non-hydrogen) atoms. The molecule has 0 aromatic rings. The molecule has 5 heterocycles. The number of carbonyl (C=O) groups is 2. The van der Waals surface area contributed by atoms with Crippen molar-refractivity contribution in [3.05, 3.63) is 0 Å². The Hall–Kier alpha value is 5.44. The van der Waals surface area contributed by atoms with Crippen molar-refractivity contribution in [1.82, 2.24) is 0 Å². The normalized spacial score (nSPS) is 35.2. The van der Waals surface area contributed by atoms with Crippen LogP contribution in [0.2, 0.25) is 0 Å². The average Bonchev–Trinajstić information content (AvgIpc) is 0.763. The van der Waals surface area contributed by atoms with E-state index < -0.39 is 248 Å². The molecule has 5 aliphatic rings. The molecule has 46 nitrogen and oxygen atoms in total. The maximum Gasteiger partial charge on any atom is 0.397 e. The fourth-order valence-corrected chi connectivity index (χ4v) is 12.6. The molecule has 0 saturated carbocycles. The fraction of sp³-hybridized carbons (Fsp3) is 0.949. The van der Waals surface area contributed by atoms with E-state index >= 15 is 0 Å². The maximum absolute atomic E-state index is 13.3. The van der Waals surface area contributed by atoms with Gasteiger partial charge in [-0.3, -0.25) is 27.3 Å². The first kappa shape index (κ1) is 111. The van der Waals surface area contributed by atoms with Gasteiger partial charge >= 0.3 is 74.3 Å². The zero-order valence-electron chi connectivity index (χ0n) is 56.1. The van der Waals surface area contributed by atoms with Gasteiger partial charge in [0.25, 0.3) is 0 Å². The van der Waals surface area contributed by atoms with Crippen molar-refractivity contribution in [2.24, 2.45) is 0 Å². The number of carboxylic acid groups (broad SMARTS) is 2. The molecule has 5 fully saturated rings. The second-order valence-electron chi connectivity index (χ2n) is 19.0. The third-order valence-electron chi connectivity index (χ3n) is 13.7. The van der Waals surface area contributed by atoms with Crippen LogP contribution in [-0.2, 0) is 182 Å². The maximum atomic E-state index is 13.3. The second kappa shape index (κ2) is 48.6. The van der Waals surface area contributed by atoms with Crippen LogP contribution < -0.4 is 0 Å². The van der Waals surface area contributed by atoms with Gasteiger partial charge in [0, 0.05) is 300 Å². The van der Waals surface area contributed by atoms with Crippen LogP contribution in [0.1, 0.15) is 0 Å². The Bertz CT molecular complexity index is 3120. The standard InChI is InChI=1S/C39H66O46S6.8Na/c1-62-16-13(10-71-86(44,45)46)75-36(28(67-6)19(16)63-2)79-23-21(65-4)30(69-8)38(82-26(23)33(40)41)78-18-15(12-73-88(50,51)52)76-39(32(85-91(59,60)61)25(18)83-89(53,54)55)80-24-22(66-5)29(68-7)37(81-27(24)34(42)43)77-17-14(11-72-87(47,48)49)74-35(70-9)31(20(17)64-3)84-90(56,57)58;;;;;;;;/h13-32,35-39H,10-12H2,1-9H3,(H,40,41)(H,42,43)(H,44,45,46)(H,47,48,49)(H,50,51,52)(H,53,54,55)(H,56,57,58)(H,59,60,61);;;;;;;;/t13-,14-,15-,16-,17-,18-,19+,20+,21+,22+,23+,24+,25+,26+,27-,28-,29-,30-,31-,32-,35+,36-,37-,38-,39-;;;;;;;;/m1......../s1. The quantitative estimate of drug-likeness (QED) is 0.0219. The summed E-state index contributed by atoms with van der Waals surface area (Å²) in [5, 5.41) is 21.4. The van der Waals surface area contributed by atoms with E-state index in [1.165, 1.54) is 0 Å². The summed E-state index contributed by atoms with van der Waals surface area (Å²) in [6.07, 6.45) is -54.2. The van der Waals surface area contributed by atoms with Crippen molar-refractivity contribution < 1.29 is 208 Å². The van der Waals surface area contributed by atoms with E-state index in [0.29, 0.717) is 0 Å². The largest absolute Gasteiger partial charge is 0.479 e. The van der Waals surface area contributed by atoms with Gasteiger partial charge in [-0.2, -0.15) is 50.5 Å². The van der Waals surface area contributed by atoms with Gasteiger partial charge in [-0.15, -0.1) is 0 Å². The van der Waals surface area contributed by atoms with Crippen LogP contribution in [0, 0.1) is 0 Å². The summed E-state index contributed by atoms with van der Waals surface area (Å²) >= 11 is 0. The summed E-state index contributed by atoms with van der Waals surface area (Å²) in [5.74, 6) is -4.11. The molecule has 542 valence electrons. The molecule has 60 heteroatoms. The molecule has 8 radical (unpaired) electrons. The zero-order valence-corrected chi connectivity index (χ0v) is 77.0. The van der Waals surface area contributed by atoms with Crippen molar-refractivity contribution in [1.29, 1.82) is 0 Å². The minimum Gasteiger partial charge on any atom is -0.479 e. The summed E-state index contributed by atoms with van der Waals surface area (Å²) in [6, 6.07) is 0. The van der Waals surface area contributed by atoms with Gasteiger partial charge in [0.05, 0.1) is 19.8 Å². The van der Waals surface area contributed by atoms with Crippen molar-refractivity contribution in [3.63, 3.8) is 0 Å². The number of aliphatic carboxylic acids is 2. The number of carboxylic acids is 2. The Balaban J connectivity index is -0.00000564. The number of rotatable bonds is 34. The van der Waals surface area contributed by atoms with E-state index in [1.807, 2.05) is 0 Å². The topological polar surface area (TPSA) is 622 Å². The Morgan fingerprint density at radius 2 is 0.495 bits per heavy atom. The molecule has 0 aliphatic carbocycles. The number of methoxy groups -OCH3 is 9. The molecule has 0 unspecified atom stereocenters. The van der Waals surface area contributed by atoms with Crippen molar-refractivity contribution in [2.45, 2.75) is 154 Å². The zero-order chi connectivity index (χ0) is 68.7. The monoisotopic (exact) mass is 1650 g/mol. The molecule has 25 atom stereocenters. The van der Waals surface area contributed by atoms with Crippen LogP contribution in [0.25, 0.3) is 0 Å². The summed E-state index contributed by atoms with van der Waals surface area (Å²) < 4.78 is 334. The Morgan fingerprint density at radius 3 is 0.768 bits per heavy atom.